The maximum Gasteiger partial charge on any atom is 0.233 e. The monoisotopic (exact) mass is 412 g/mol. The second-order valence-electron chi connectivity index (χ2n) is 7.06. The lowest BCUT2D eigenvalue weighted by molar-refractivity contribution is -0.132. The average molecular weight is 413 g/mol. The zero-order valence-electron chi connectivity index (χ0n) is 17.4. The zero-order chi connectivity index (χ0) is 20.8. The Morgan fingerprint density at radius 3 is 2.34 bits per heavy atom. The van der Waals surface area contributed by atoms with Gasteiger partial charge in [0.15, 0.2) is 10.9 Å². The van der Waals surface area contributed by atoms with Crippen LogP contribution in [0.5, 0.6) is 0 Å². The molecule has 0 unspecified atom stereocenters. The maximum atomic E-state index is 13.0. The number of benzene rings is 1. The van der Waals surface area contributed by atoms with Crippen LogP contribution < -0.4 is 0 Å². The van der Waals surface area contributed by atoms with Crippen molar-refractivity contribution >= 4 is 17.7 Å². The summed E-state index contributed by atoms with van der Waals surface area (Å²) in [5.74, 6) is 1.70. The van der Waals surface area contributed by atoms with E-state index in [1.165, 1.54) is 11.8 Å². The van der Waals surface area contributed by atoms with E-state index < -0.39 is 0 Å². The van der Waals surface area contributed by atoms with Crippen molar-refractivity contribution in [3.8, 4) is 17.3 Å². The number of rotatable bonds is 9. The molecule has 3 rings (SSSR count). The Hall–Kier alpha value is -2.54. The molecule has 2 aromatic heterocycles. The lowest BCUT2D eigenvalue weighted by Gasteiger charge is -2.34. The third-order valence-corrected chi connectivity index (χ3v) is 6.05. The van der Waals surface area contributed by atoms with E-state index in [0.717, 1.165) is 18.5 Å². The molecule has 6 nitrogen and oxygen atoms in total. The number of hydrogen-bond donors (Lipinski definition) is 0. The van der Waals surface area contributed by atoms with Gasteiger partial charge in [-0.05, 0) is 51.0 Å². The van der Waals surface area contributed by atoms with Gasteiger partial charge in [0, 0.05) is 17.8 Å². The largest absolute Gasteiger partial charge is 0.461 e. The van der Waals surface area contributed by atoms with Gasteiger partial charge in [0.05, 0.1) is 12.0 Å². The van der Waals surface area contributed by atoms with Crippen LogP contribution in [-0.4, -0.2) is 43.4 Å². The minimum absolute atomic E-state index is 0.126. The van der Waals surface area contributed by atoms with Gasteiger partial charge >= 0.3 is 0 Å². The first kappa shape index (κ1) is 21.2. The molecule has 2 heterocycles. The van der Waals surface area contributed by atoms with Crippen LogP contribution in [0.3, 0.4) is 0 Å². The quantitative estimate of drug-likeness (QED) is 0.461. The lowest BCUT2D eigenvalue weighted by atomic mass is 10.1. The van der Waals surface area contributed by atoms with E-state index in [1.807, 2.05) is 51.9 Å². The number of hydrogen-bond acceptors (Lipinski definition) is 5. The van der Waals surface area contributed by atoms with E-state index in [9.17, 15) is 4.79 Å². The summed E-state index contributed by atoms with van der Waals surface area (Å²) in [4.78, 5) is 15.0. The number of para-hydroxylation sites is 1. The van der Waals surface area contributed by atoms with E-state index in [-0.39, 0.29) is 18.0 Å². The molecule has 1 aromatic carbocycles. The third-order valence-electron chi connectivity index (χ3n) is 5.13. The average Bonchev–Trinajstić information content (AvgIpc) is 3.42. The Morgan fingerprint density at radius 2 is 1.76 bits per heavy atom. The van der Waals surface area contributed by atoms with Crippen molar-refractivity contribution in [1.29, 1.82) is 0 Å². The topological polar surface area (TPSA) is 64.2 Å². The van der Waals surface area contributed by atoms with Gasteiger partial charge in [0.1, 0.15) is 0 Å². The van der Waals surface area contributed by atoms with Crippen LogP contribution in [0.2, 0.25) is 0 Å². The van der Waals surface area contributed by atoms with Gasteiger partial charge in [-0.3, -0.25) is 9.36 Å². The molecule has 0 aliphatic heterocycles. The second kappa shape index (κ2) is 9.78. The fraction of sp³-hybridized carbons (Fsp3) is 0.409. The molecule has 7 heteroatoms. The van der Waals surface area contributed by atoms with Crippen molar-refractivity contribution in [2.24, 2.45) is 0 Å². The van der Waals surface area contributed by atoms with Crippen LogP contribution >= 0.6 is 11.8 Å². The van der Waals surface area contributed by atoms with E-state index in [2.05, 4.69) is 37.9 Å². The summed E-state index contributed by atoms with van der Waals surface area (Å²) in [6.45, 7) is 8.44. The van der Waals surface area contributed by atoms with E-state index in [0.29, 0.717) is 22.5 Å². The molecule has 0 N–H and O–H groups in total. The first-order valence-electron chi connectivity index (χ1n) is 10.0. The molecular weight excluding hydrogens is 384 g/mol. The molecule has 0 aliphatic carbocycles. The molecule has 1 amide bonds. The normalized spacial score (nSPS) is 13.2. The number of thioether (sulfide) groups is 1. The van der Waals surface area contributed by atoms with Crippen molar-refractivity contribution in [1.82, 2.24) is 19.7 Å². The predicted molar refractivity (Wildman–Crippen MR) is 116 cm³/mol. The van der Waals surface area contributed by atoms with Gasteiger partial charge in [-0.2, -0.15) is 0 Å². The van der Waals surface area contributed by atoms with Crippen molar-refractivity contribution < 1.29 is 9.21 Å². The summed E-state index contributed by atoms with van der Waals surface area (Å²) in [6.07, 6.45) is 3.49. The first-order valence-corrected chi connectivity index (χ1v) is 11.0. The van der Waals surface area contributed by atoms with Crippen LogP contribution in [0.15, 0.2) is 58.3 Å². The Balaban J connectivity index is 1.87. The van der Waals surface area contributed by atoms with Crippen LogP contribution in [0, 0.1) is 0 Å². The highest BCUT2D eigenvalue weighted by atomic mass is 32.2. The number of amides is 1. The minimum Gasteiger partial charge on any atom is -0.461 e. The SMILES string of the molecule is CC[C@@H](C)N(C(=O)CSc1nnc(-c2ccco2)n1-c1ccccc1)[C@H](C)CC. The molecule has 29 heavy (non-hydrogen) atoms. The molecule has 0 bridgehead atoms. The fourth-order valence-electron chi connectivity index (χ4n) is 3.26. The van der Waals surface area contributed by atoms with Crippen molar-refractivity contribution in [3.05, 3.63) is 48.7 Å². The summed E-state index contributed by atoms with van der Waals surface area (Å²) >= 11 is 1.41. The van der Waals surface area contributed by atoms with Gasteiger partial charge in [-0.15, -0.1) is 10.2 Å². The molecule has 0 saturated heterocycles. The summed E-state index contributed by atoms with van der Waals surface area (Å²) in [5.41, 5.74) is 0.930. The summed E-state index contributed by atoms with van der Waals surface area (Å²) in [7, 11) is 0. The van der Waals surface area contributed by atoms with E-state index >= 15 is 0 Å². The Morgan fingerprint density at radius 1 is 1.07 bits per heavy atom. The van der Waals surface area contributed by atoms with Crippen LogP contribution in [0.1, 0.15) is 40.5 Å². The lowest BCUT2D eigenvalue weighted by Crippen LogP contribution is -2.45. The highest BCUT2D eigenvalue weighted by Crippen LogP contribution is 2.28. The third kappa shape index (κ3) is 4.72. The van der Waals surface area contributed by atoms with Crippen LogP contribution in [-0.2, 0) is 4.79 Å². The van der Waals surface area contributed by atoms with Gasteiger partial charge in [-0.1, -0.05) is 43.8 Å². The summed E-state index contributed by atoms with van der Waals surface area (Å²) in [6, 6.07) is 14.0. The highest BCUT2D eigenvalue weighted by molar-refractivity contribution is 7.99. The van der Waals surface area contributed by atoms with Crippen LogP contribution in [0.4, 0.5) is 0 Å². The van der Waals surface area contributed by atoms with Crippen molar-refractivity contribution in [2.75, 3.05) is 5.75 Å². The smallest absolute Gasteiger partial charge is 0.233 e. The van der Waals surface area contributed by atoms with Gasteiger partial charge in [0.2, 0.25) is 11.7 Å². The Bertz CT molecular complexity index is 898. The summed E-state index contributed by atoms with van der Waals surface area (Å²) in [5, 5.41) is 9.36. The zero-order valence-corrected chi connectivity index (χ0v) is 18.2. The molecule has 2 atom stereocenters. The molecule has 3 aromatic rings. The van der Waals surface area contributed by atoms with Gasteiger partial charge in [0.25, 0.3) is 0 Å². The molecule has 0 fully saturated rings. The van der Waals surface area contributed by atoms with Crippen molar-refractivity contribution in [3.63, 3.8) is 0 Å². The fourth-order valence-corrected chi connectivity index (χ4v) is 4.08. The first-order chi connectivity index (χ1) is 14.1. The molecule has 154 valence electrons. The highest BCUT2D eigenvalue weighted by Gasteiger charge is 2.25. The Kier molecular flexibility index (Phi) is 7.14. The molecule has 0 spiro atoms. The minimum atomic E-state index is 0.126. The van der Waals surface area contributed by atoms with E-state index in [4.69, 9.17) is 4.42 Å². The number of carbonyl (C=O) groups is 1. The molecule has 0 saturated carbocycles. The Labute approximate surface area is 176 Å². The molecule has 0 radical (unpaired) electrons. The van der Waals surface area contributed by atoms with Crippen LogP contribution in [0.25, 0.3) is 17.3 Å². The number of nitrogens with zero attached hydrogens (tertiary/aromatic N) is 4. The second-order valence-corrected chi connectivity index (χ2v) is 8.00. The van der Waals surface area contributed by atoms with Gasteiger partial charge < -0.3 is 9.32 Å². The van der Waals surface area contributed by atoms with Crippen molar-refractivity contribution in [2.45, 2.75) is 57.8 Å². The van der Waals surface area contributed by atoms with Gasteiger partial charge in [-0.25, -0.2) is 0 Å². The summed E-state index contributed by atoms with van der Waals surface area (Å²) < 4.78 is 7.48. The molecule has 0 aliphatic rings. The molecular formula is C22H28N4O2S. The maximum absolute atomic E-state index is 13.0. The predicted octanol–water partition coefficient (Wildman–Crippen LogP) is 5.05. The number of furan rings is 1. The standard InChI is InChI=1S/C22H28N4O2S/c1-5-16(3)25(17(4)6-2)20(27)15-29-22-24-23-21(19-13-10-14-28-19)26(22)18-11-8-7-9-12-18/h7-14,16-17H,5-6,15H2,1-4H3/t16-,17-/m1/s1. The number of aromatic nitrogens is 3. The van der Waals surface area contributed by atoms with E-state index in [1.54, 1.807) is 6.26 Å². The number of carbonyl (C=O) groups excluding carboxylic acids is 1.